The number of para-hydroxylation sites is 4. The van der Waals surface area contributed by atoms with Crippen LogP contribution < -0.4 is 0 Å². The molecule has 9 rings (SSSR count). The van der Waals surface area contributed by atoms with Gasteiger partial charge in [0.05, 0.1) is 27.5 Å². The molecule has 3 nitrogen and oxygen atoms in total. The van der Waals surface area contributed by atoms with E-state index in [4.69, 9.17) is 4.42 Å². The summed E-state index contributed by atoms with van der Waals surface area (Å²) in [4.78, 5) is 0. The summed E-state index contributed by atoms with van der Waals surface area (Å²) in [5, 5.41) is 7.32. The molecule has 0 amide bonds. The van der Waals surface area contributed by atoms with Gasteiger partial charge in [0.1, 0.15) is 11.2 Å². The molecule has 0 spiro atoms. The van der Waals surface area contributed by atoms with E-state index in [0.29, 0.717) is 0 Å². The van der Waals surface area contributed by atoms with Crippen LogP contribution in [-0.2, 0) is 0 Å². The molecule has 39 heavy (non-hydrogen) atoms. The van der Waals surface area contributed by atoms with Crippen LogP contribution >= 0.6 is 0 Å². The SMILES string of the molecule is c1ccc2c(c1)oc1ccc3c4ccccc4n(-c4ccc(-n5c6ccccc6c6ccccc65)cc4)c3c12. The molecule has 0 saturated heterocycles. The molecule has 0 aliphatic rings. The van der Waals surface area contributed by atoms with Gasteiger partial charge in [0.2, 0.25) is 0 Å². The summed E-state index contributed by atoms with van der Waals surface area (Å²) in [6, 6.07) is 47.6. The Morgan fingerprint density at radius 2 is 0.846 bits per heavy atom. The van der Waals surface area contributed by atoms with Gasteiger partial charge in [-0.25, -0.2) is 0 Å². The Morgan fingerprint density at radius 3 is 1.49 bits per heavy atom. The number of furan rings is 1. The molecule has 0 saturated carbocycles. The fraction of sp³-hybridized carbons (Fsp3) is 0. The molecule has 0 bridgehead atoms. The summed E-state index contributed by atoms with van der Waals surface area (Å²) in [7, 11) is 0. The summed E-state index contributed by atoms with van der Waals surface area (Å²) < 4.78 is 11.0. The lowest BCUT2D eigenvalue weighted by molar-refractivity contribution is 0.669. The smallest absolute Gasteiger partial charge is 0.137 e. The van der Waals surface area contributed by atoms with Gasteiger partial charge >= 0.3 is 0 Å². The third-order valence-electron chi connectivity index (χ3n) is 8.12. The van der Waals surface area contributed by atoms with Crippen LogP contribution in [0.15, 0.2) is 138 Å². The van der Waals surface area contributed by atoms with Gasteiger partial charge in [-0.1, -0.05) is 72.8 Å². The van der Waals surface area contributed by atoms with Crippen LogP contribution in [0.1, 0.15) is 0 Å². The van der Waals surface area contributed by atoms with E-state index >= 15 is 0 Å². The van der Waals surface area contributed by atoms with Gasteiger partial charge in [0, 0.05) is 38.3 Å². The van der Waals surface area contributed by atoms with Crippen molar-refractivity contribution >= 4 is 65.6 Å². The van der Waals surface area contributed by atoms with E-state index in [9.17, 15) is 0 Å². The van der Waals surface area contributed by atoms with Crippen LogP contribution in [0.4, 0.5) is 0 Å². The fourth-order valence-electron chi connectivity index (χ4n) is 6.48. The zero-order valence-corrected chi connectivity index (χ0v) is 21.0. The predicted molar refractivity (Wildman–Crippen MR) is 162 cm³/mol. The van der Waals surface area contributed by atoms with Crippen molar-refractivity contribution in [2.45, 2.75) is 0 Å². The zero-order chi connectivity index (χ0) is 25.5. The highest BCUT2D eigenvalue weighted by Gasteiger charge is 2.19. The van der Waals surface area contributed by atoms with Gasteiger partial charge in [0.15, 0.2) is 0 Å². The fourth-order valence-corrected chi connectivity index (χ4v) is 6.48. The van der Waals surface area contributed by atoms with Crippen LogP contribution in [0.25, 0.3) is 76.9 Å². The number of fused-ring (bicyclic) bond motifs is 10. The zero-order valence-electron chi connectivity index (χ0n) is 21.0. The van der Waals surface area contributed by atoms with Crippen LogP contribution in [0.2, 0.25) is 0 Å². The summed E-state index contributed by atoms with van der Waals surface area (Å²) in [5.74, 6) is 0. The Kier molecular flexibility index (Phi) is 4.05. The second kappa shape index (κ2) is 7.62. The maximum Gasteiger partial charge on any atom is 0.137 e. The minimum absolute atomic E-state index is 0.912. The Labute approximate surface area is 223 Å². The first-order chi connectivity index (χ1) is 19.4. The maximum atomic E-state index is 6.28. The standard InChI is InChI=1S/C36H22N2O/c1-5-13-30-25(9-1)26-10-2-6-14-31(26)37(30)23-17-19-24(20-18-23)38-32-15-7-3-11-27(32)28-21-22-34-35(36(28)38)29-12-4-8-16-33(29)39-34/h1-22H. The Hall–Kier alpha value is -5.28. The molecule has 182 valence electrons. The number of aromatic nitrogens is 2. The molecule has 3 heterocycles. The van der Waals surface area contributed by atoms with E-state index in [1.165, 1.54) is 43.6 Å². The first-order valence-electron chi connectivity index (χ1n) is 13.3. The normalized spacial score (nSPS) is 12.1. The van der Waals surface area contributed by atoms with E-state index in [1.807, 2.05) is 6.07 Å². The Balaban J connectivity index is 1.34. The predicted octanol–water partition coefficient (Wildman–Crippen LogP) is 9.78. The second-order valence-corrected chi connectivity index (χ2v) is 10.2. The monoisotopic (exact) mass is 498 g/mol. The van der Waals surface area contributed by atoms with Gasteiger partial charge in [-0.3, -0.25) is 0 Å². The van der Waals surface area contributed by atoms with Crippen molar-refractivity contribution in [3.05, 3.63) is 133 Å². The lowest BCUT2D eigenvalue weighted by atomic mass is 10.1. The maximum absolute atomic E-state index is 6.28. The quantitative estimate of drug-likeness (QED) is 0.233. The number of nitrogens with zero attached hydrogens (tertiary/aromatic N) is 2. The topological polar surface area (TPSA) is 23.0 Å². The van der Waals surface area contributed by atoms with Gasteiger partial charge < -0.3 is 13.6 Å². The first kappa shape index (κ1) is 20.7. The lowest BCUT2D eigenvalue weighted by Gasteiger charge is -2.12. The van der Waals surface area contributed by atoms with E-state index in [-0.39, 0.29) is 0 Å². The molecule has 3 aromatic heterocycles. The van der Waals surface area contributed by atoms with Crippen LogP contribution in [-0.4, -0.2) is 9.13 Å². The van der Waals surface area contributed by atoms with E-state index < -0.39 is 0 Å². The van der Waals surface area contributed by atoms with Gasteiger partial charge in [-0.2, -0.15) is 0 Å². The van der Waals surface area contributed by atoms with Crippen LogP contribution in [0, 0.1) is 0 Å². The highest BCUT2D eigenvalue weighted by molar-refractivity contribution is 6.24. The molecule has 3 heteroatoms. The molecule has 6 aromatic carbocycles. The number of hydrogen-bond acceptors (Lipinski definition) is 1. The Bertz CT molecular complexity index is 2330. The first-order valence-corrected chi connectivity index (χ1v) is 13.3. The van der Waals surface area contributed by atoms with Gasteiger partial charge in [-0.15, -0.1) is 0 Å². The van der Waals surface area contributed by atoms with E-state index in [2.05, 4.69) is 137 Å². The van der Waals surface area contributed by atoms with Crippen molar-refractivity contribution < 1.29 is 4.42 Å². The highest BCUT2D eigenvalue weighted by atomic mass is 16.3. The third-order valence-corrected chi connectivity index (χ3v) is 8.12. The molecule has 0 atom stereocenters. The molecule has 0 aliphatic heterocycles. The van der Waals surface area contributed by atoms with Gasteiger partial charge in [0.25, 0.3) is 0 Å². The molecule has 9 aromatic rings. The lowest BCUT2D eigenvalue weighted by Crippen LogP contribution is -1.97. The molecule has 0 unspecified atom stereocenters. The third kappa shape index (κ3) is 2.76. The average Bonchev–Trinajstić information content (AvgIpc) is 3.65. The van der Waals surface area contributed by atoms with Crippen molar-refractivity contribution in [2.75, 3.05) is 0 Å². The van der Waals surface area contributed by atoms with Crippen molar-refractivity contribution in [2.24, 2.45) is 0 Å². The molecule has 0 N–H and O–H groups in total. The minimum atomic E-state index is 0.912. The van der Waals surface area contributed by atoms with Crippen molar-refractivity contribution in [1.82, 2.24) is 9.13 Å². The highest BCUT2D eigenvalue weighted by Crippen LogP contribution is 2.41. The molecular formula is C36H22N2O. The minimum Gasteiger partial charge on any atom is -0.456 e. The van der Waals surface area contributed by atoms with Crippen molar-refractivity contribution in [3.63, 3.8) is 0 Å². The molecule has 0 fully saturated rings. The van der Waals surface area contributed by atoms with Gasteiger partial charge in [-0.05, 0) is 60.7 Å². The summed E-state index contributed by atoms with van der Waals surface area (Å²) in [6.07, 6.45) is 0. The van der Waals surface area contributed by atoms with Crippen molar-refractivity contribution in [3.8, 4) is 11.4 Å². The number of hydrogen-bond donors (Lipinski definition) is 0. The van der Waals surface area contributed by atoms with Crippen molar-refractivity contribution in [1.29, 1.82) is 0 Å². The summed E-state index contributed by atoms with van der Waals surface area (Å²) in [5.41, 5.74) is 8.91. The molecular weight excluding hydrogens is 476 g/mol. The molecule has 0 radical (unpaired) electrons. The Morgan fingerprint density at radius 1 is 0.359 bits per heavy atom. The largest absolute Gasteiger partial charge is 0.456 e. The molecule has 0 aliphatic carbocycles. The second-order valence-electron chi connectivity index (χ2n) is 10.2. The van der Waals surface area contributed by atoms with E-state index in [0.717, 1.165) is 33.3 Å². The van der Waals surface area contributed by atoms with Crippen LogP contribution in [0.5, 0.6) is 0 Å². The van der Waals surface area contributed by atoms with Crippen LogP contribution in [0.3, 0.4) is 0 Å². The number of rotatable bonds is 2. The summed E-state index contributed by atoms with van der Waals surface area (Å²) in [6.45, 7) is 0. The average molecular weight is 499 g/mol. The van der Waals surface area contributed by atoms with E-state index in [1.54, 1.807) is 0 Å². The summed E-state index contributed by atoms with van der Waals surface area (Å²) >= 11 is 0. The number of benzene rings is 6.